The molecule has 2 aliphatic heterocycles. The summed E-state index contributed by atoms with van der Waals surface area (Å²) in [6.07, 6.45) is 7.41. The largest absolute Gasteiger partial charge is 0.394 e. The molecule has 0 radical (unpaired) electrons. The Morgan fingerprint density at radius 1 is 1.14 bits per heavy atom. The summed E-state index contributed by atoms with van der Waals surface area (Å²) in [5.41, 5.74) is 1.77. The lowest BCUT2D eigenvalue weighted by molar-refractivity contribution is -0.311. The Morgan fingerprint density at radius 3 is 2.62 bits per heavy atom. The van der Waals surface area contributed by atoms with Crippen LogP contribution in [0, 0.1) is 11.8 Å². The molecule has 9 nitrogen and oxygen atoms in total. The van der Waals surface area contributed by atoms with Gasteiger partial charge in [-0.15, -0.1) is 0 Å². The van der Waals surface area contributed by atoms with Gasteiger partial charge in [0, 0.05) is 5.92 Å². The van der Waals surface area contributed by atoms with Gasteiger partial charge >= 0.3 is 0 Å². The fourth-order valence-electron chi connectivity index (χ4n) is 5.96. The Balaban J connectivity index is 1.41. The molecule has 0 amide bonds. The van der Waals surface area contributed by atoms with E-state index in [1.807, 2.05) is 19.1 Å². The summed E-state index contributed by atoms with van der Waals surface area (Å²) in [6, 6.07) is 0. The van der Waals surface area contributed by atoms with E-state index in [4.69, 9.17) is 14.2 Å². The number of aliphatic hydroxyl groups excluding tert-OH is 4. The molecule has 208 valence electrons. The summed E-state index contributed by atoms with van der Waals surface area (Å²) in [5.74, 6) is -3.21. The van der Waals surface area contributed by atoms with E-state index in [1.54, 1.807) is 0 Å². The average molecular weight is 523 g/mol. The third-order valence-electron chi connectivity index (χ3n) is 8.17. The molecule has 2 heterocycles. The number of rotatable bonds is 10. The van der Waals surface area contributed by atoms with Gasteiger partial charge in [0.25, 0.3) is 0 Å². The smallest absolute Gasteiger partial charge is 0.238 e. The van der Waals surface area contributed by atoms with Gasteiger partial charge in [-0.25, -0.2) is 0 Å². The predicted octanol–water partition coefficient (Wildman–Crippen LogP) is 1.66. The minimum absolute atomic E-state index is 0.198. The number of unbranched alkanes of at least 4 members (excludes halogenated alkanes) is 5. The first-order valence-corrected chi connectivity index (χ1v) is 13.7. The third-order valence-corrected chi connectivity index (χ3v) is 8.17. The molecule has 1 saturated heterocycles. The molecule has 0 unspecified atom stereocenters. The lowest BCUT2D eigenvalue weighted by Gasteiger charge is -2.44. The Kier molecular flexibility index (Phi) is 9.40. The standard InChI is InChI=1S/C28H42O9/c1-3-4-5-6-7-8-9-10-21-16(2)11-20-19-14-18(12-17(19)13-23(30)28(20,34)37-21)35-27-26(33)25(32)24(31)22(15-29)36-27/h9-11,13,18-22,24-27,29,31-34H,3-8,12,14-15H2,1-2H3/b10-9+/t18-,19-,20+,21+,22-,24-,25+,26-,27-,28-/m1/s1. The summed E-state index contributed by atoms with van der Waals surface area (Å²) >= 11 is 0. The van der Waals surface area contributed by atoms with E-state index in [0.717, 1.165) is 24.0 Å². The van der Waals surface area contributed by atoms with Crippen LogP contribution in [0.3, 0.4) is 0 Å². The number of fused-ring (bicyclic) bond motifs is 3. The second kappa shape index (κ2) is 12.2. The SMILES string of the molecule is CCCCCCC/C=C/[C@@H]1O[C@@]2(O)C(=O)C=C3C[C@@H](O[C@@H]4O[C@H](CO)[C@@H](O)[C@H](O)[C@H]4O)C[C@H]3[C@@H]2C=C1C. The number of carbonyl (C=O) groups excluding carboxylic acids is 1. The lowest BCUT2D eigenvalue weighted by Crippen LogP contribution is -2.59. The number of ether oxygens (including phenoxy) is 3. The van der Waals surface area contributed by atoms with Gasteiger partial charge < -0.3 is 39.7 Å². The van der Waals surface area contributed by atoms with Crippen molar-refractivity contribution in [3.63, 3.8) is 0 Å². The number of allylic oxidation sites excluding steroid dienone is 1. The van der Waals surface area contributed by atoms with Gasteiger partial charge in [-0.1, -0.05) is 56.4 Å². The van der Waals surface area contributed by atoms with Crippen LogP contribution in [-0.4, -0.2) is 86.6 Å². The van der Waals surface area contributed by atoms with Crippen molar-refractivity contribution < 1.29 is 44.5 Å². The first-order valence-electron chi connectivity index (χ1n) is 13.7. The molecule has 4 rings (SSSR count). The minimum Gasteiger partial charge on any atom is -0.394 e. The number of carbonyl (C=O) groups is 1. The van der Waals surface area contributed by atoms with Crippen LogP contribution < -0.4 is 0 Å². The molecule has 4 aliphatic rings. The molecule has 0 aromatic carbocycles. The first-order chi connectivity index (χ1) is 17.7. The lowest BCUT2D eigenvalue weighted by atomic mass is 9.72. The summed E-state index contributed by atoms with van der Waals surface area (Å²) in [5, 5.41) is 51.2. The van der Waals surface area contributed by atoms with Gasteiger partial charge in [0.2, 0.25) is 11.6 Å². The van der Waals surface area contributed by atoms with Crippen molar-refractivity contribution in [3.05, 3.63) is 35.5 Å². The second-order valence-corrected chi connectivity index (χ2v) is 10.9. The Hall–Kier alpha value is -1.43. The van der Waals surface area contributed by atoms with Crippen molar-refractivity contribution in [1.82, 2.24) is 0 Å². The summed E-state index contributed by atoms with van der Waals surface area (Å²) in [7, 11) is 0. The molecule has 0 aromatic rings. The molecule has 0 bridgehead atoms. The number of hydrogen-bond acceptors (Lipinski definition) is 9. The van der Waals surface area contributed by atoms with Gasteiger partial charge in [0.1, 0.15) is 30.5 Å². The highest BCUT2D eigenvalue weighted by atomic mass is 16.7. The van der Waals surface area contributed by atoms with Gasteiger partial charge in [-0.2, -0.15) is 0 Å². The van der Waals surface area contributed by atoms with E-state index >= 15 is 0 Å². The fraction of sp³-hybridized carbons (Fsp3) is 0.750. The maximum atomic E-state index is 13.0. The zero-order valence-electron chi connectivity index (χ0n) is 21.7. The predicted molar refractivity (Wildman–Crippen MR) is 134 cm³/mol. The third kappa shape index (κ3) is 5.94. The Morgan fingerprint density at radius 2 is 1.89 bits per heavy atom. The van der Waals surface area contributed by atoms with Crippen molar-refractivity contribution in [3.8, 4) is 0 Å². The maximum absolute atomic E-state index is 13.0. The van der Waals surface area contributed by atoms with Crippen LogP contribution in [0.5, 0.6) is 0 Å². The highest BCUT2D eigenvalue weighted by molar-refractivity contribution is 5.98. The van der Waals surface area contributed by atoms with E-state index in [1.165, 1.54) is 31.8 Å². The van der Waals surface area contributed by atoms with Crippen molar-refractivity contribution in [2.75, 3.05) is 6.61 Å². The number of ketones is 1. The topological polar surface area (TPSA) is 146 Å². The molecule has 10 atom stereocenters. The van der Waals surface area contributed by atoms with E-state index in [9.17, 15) is 30.3 Å². The minimum atomic E-state index is -1.96. The van der Waals surface area contributed by atoms with Crippen molar-refractivity contribution in [1.29, 1.82) is 0 Å². The van der Waals surface area contributed by atoms with Crippen molar-refractivity contribution >= 4 is 5.78 Å². The zero-order valence-corrected chi connectivity index (χ0v) is 21.7. The average Bonchev–Trinajstić information content (AvgIpc) is 3.27. The number of hydrogen-bond donors (Lipinski definition) is 5. The van der Waals surface area contributed by atoms with Gasteiger partial charge in [-0.3, -0.25) is 4.79 Å². The van der Waals surface area contributed by atoms with Crippen LogP contribution in [0.25, 0.3) is 0 Å². The highest BCUT2D eigenvalue weighted by Gasteiger charge is 2.56. The van der Waals surface area contributed by atoms with Gasteiger partial charge in [0.05, 0.1) is 12.7 Å². The first kappa shape index (κ1) is 28.6. The van der Waals surface area contributed by atoms with Crippen LogP contribution >= 0.6 is 0 Å². The van der Waals surface area contributed by atoms with Crippen LogP contribution in [-0.2, 0) is 19.0 Å². The fourth-order valence-corrected chi connectivity index (χ4v) is 5.96. The molecular formula is C28H42O9. The molecule has 2 fully saturated rings. The van der Waals surface area contributed by atoms with Crippen molar-refractivity contribution in [2.45, 2.75) is 114 Å². The van der Waals surface area contributed by atoms with E-state index in [2.05, 4.69) is 13.0 Å². The van der Waals surface area contributed by atoms with Crippen LogP contribution in [0.1, 0.15) is 65.2 Å². The molecule has 0 aromatic heterocycles. The summed E-state index contributed by atoms with van der Waals surface area (Å²) < 4.78 is 17.5. The molecule has 5 N–H and O–H groups in total. The normalized spacial score (nSPS) is 41.9. The number of aliphatic hydroxyl groups is 5. The molecule has 1 saturated carbocycles. The van der Waals surface area contributed by atoms with Crippen LogP contribution in [0.2, 0.25) is 0 Å². The summed E-state index contributed by atoms with van der Waals surface area (Å²) in [4.78, 5) is 13.0. The molecule has 9 heteroatoms. The highest BCUT2D eigenvalue weighted by Crippen LogP contribution is 2.50. The quantitative estimate of drug-likeness (QED) is 0.214. The van der Waals surface area contributed by atoms with Crippen molar-refractivity contribution in [2.24, 2.45) is 11.8 Å². The summed E-state index contributed by atoms with van der Waals surface area (Å²) in [6.45, 7) is 3.59. The Labute approximate surface area is 218 Å². The van der Waals surface area contributed by atoms with Gasteiger partial charge in [-0.05, 0) is 50.2 Å². The molecule has 37 heavy (non-hydrogen) atoms. The monoisotopic (exact) mass is 522 g/mol. The molecular weight excluding hydrogens is 480 g/mol. The van der Waals surface area contributed by atoms with E-state index in [0.29, 0.717) is 12.8 Å². The van der Waals surface area contributed by atoms with Gasteiger partial charge in [0.15, 0.2) is 6.29 Å². The Bertz CT molecular complexity index is 896. The van der Waals surface area contributed by atoms with Crippen LogP contribution in [0.15, 0.2) is 35.5 Å². The maximum Gasteiger partial charge on any atom is 0.238 e. The molecule has 0 spiro atoms. The van der Waals surface area contributed by atoms with Crippen LogP contribution in [0.4, 0.5) is 0 Å². The molecule has 2 aliphatic carbocycles. The second-order valence-electron chi connectivity index (χ2n) is 10.9. The van der Waals surface area contributed by atoms with E-state index in [-0.39, 0.29) is 5.92 Å². The van der Waals surface area contributed by atoms with E-state index < -0.39 is 67.0 Å². The zero-order chi connectivity index (χ0) is 26.7.